The molecule has 0 spiro atoms. The number of anilines is 1. The van der Waals surface area contributed by atoms with Gasteiger partial charge in [0, 0.05) is 18.1 Å². The van der Waals surface area contributed by atoms with Gasteiger partial charge in [-0.2, -0.15) is 0 Å². The molecule has 0 fully saturated rings. The Hall–Kier alpha value is -1.15. The van der Waals surface area contributed by atoms with Crippen molar-refractivity contribution in [3.63, 3.8) is 0 Å². The zero-order valence-electron chi connectivity index (χ0n) is 10.1. The van der Waals surface area contributed by atoms with Crippen molar-refractivity contribution in [2.45, 2.75) is 11.4 Å². The van der Waals surface area contributed by atoms with E-state index in [2.05, 4.69) is 15.0 Å². The highest BCUT2D eigenvalue weighted by Crippen LogP contribution is 2.25. The number of benzene rings is 1. The summed E-state index contributed by atoms with van der Waals surface area (Å²) in [5.74, 6) is 0. The van der Waals surface area contributed by atoms with Crippen LogP contribution in [-0.2, 0) is 16.6 Å². The molecule has 0 aliphatic rings. The number of nitrogens with one attached hydrogen (secondary N) is 2. The summed E-state index contributed by atoms with van der Waals surface area (Å²) < 4.78 is 26.9. The van der Waals surface area contributed by atoms with E-state index < -0.39 is 10.0 Å². The molecule has 0 bridgehead atoms. The molecule has 0 unspecified atom stereocenters. The number of hydrogen-bond donors (Lipinski definition) is 2. The van der Waals surface area contributed by atoms with Crippen LogP contribution in [0.4, 0.5) is 5.13 Å². The second kappa shape index (κ2) is 5.87. The third kappa shape index (κ3) is 3.44. The lowest BCUT2D eigenvalue weighted by Gasteiger charge is -2.09. The van der Waals surface area contributed by atoms with Crippen LogP contribution in [0.3, 0.4) is 0 Å². The van der Waals surface area contributed by atoms with Gasteiger partial charge >= 0.3 is 0 Å². The van der Waals surface area contributed by atoms with Crippen molar-refractivity contribution in [2.75, 3.05) is 11.8 Å². The minimum atomic E-state index is -3.72. The Labute approximate surface area is 120 Å². The predicted octanol–water partition coefficient (Wildman–Crippen LogP) is 2.32. The van der Waals surface area contributed by atoms with Gasteiger partial charge in [0.15, 0.2) is 5.13 Å². The normalized spacial score (nSPS) is 11.5. The summed E-state index contributed by atoms with van der Waals surface area (Å²) in [7, 11) is -1.93. The summed E-state index contributed by atoms with van der Waals surface area (Å²) in [6.45, 7) is 0.566. The van der Waals surface area contributed by atoms with Gasteiger partial charge in [-0.05, 0) is 24.7 Å². The zero-order chi connectivity index (χ0) is 13.9. The molecule has 0 saturated carbocycles. The van der Waals surface area contributed by atoms with Gasteiger partial charge in [-0.3, -0.25) is 4.72 Å². The van der Waals surface area contributed by atoms with E-state index in [0.717, 1.165) is 5.56 Å². The molecule has 8 heteroatoms. The van der Waals surface area contributed by atoms with Crippen LogP contribution in [0.1, 0.15) is 5.56 Å². The van der Waals surface area contributed by atoms with Crippen LogP contribution in [0.5, 0.6) is 0 Å². The van der Waals surface area contributed by atoms with Gasteiger partial charge in [-0.1, -0.05) is 17.7 Å². The summed E-state index contributed by atoms with van der Waals surface area (Å²) in [5, 5.41) is 5.15. The van der Waals surface area contributed by atoms with Crippen LogP contribution in [0.2, 0.25) is 5.02 Å². The van der Waals surface area contributed by atoms with Gasteiger partial charge in [0.25, 0.3) is 10.0 Å². The highest BCUT2D eigenvalue weighted by atomic mass is 35.5. The van der Waals surface area contributed by atoms with E-state index in [1.807, 2.05) is 0 Å². The van der Waals surface area contributed by atoms with Crippen LogP contribution in [0.15, 0.2) is 34.7 Å². The molecule has 0 amide bonds. The summed E-state index contributed by atoms with van der Waals surface area (Å²) in [6, 6.07) is 4.90. The van der Waals surface area contributed by atoms with E-state index in [9.17, 15) is 8.42 Å². The van der Waals surface area contributed by atoms with E-state index in [-0.39, 0.29) is 9.92 Å². The van der Waals surface area contributed by atoms with Gasteiger partial charge in [0.1, 0.15) is 4.90 Å². The van der Waals surface area contributed by atoms with E-state index in [1.165, 1.54) is 17.5 Å². The molecule has 0 atom stereocenters. The molecule has 102 valence electrons. The Kier molecular flexibility index (Phi) is 4.41. The second-order valence-corrected chi connectivity index (χ2v) is 6.69. The van der Waals surface area contributed by atoms with Gasteiger partial charge in [0.05, 0.1) is 5.02 Å². The maximum Gasteiger partial charge on any atom is 0.265 e. The van der Waals surface area contributed by atoms with E-state index in [1.54, 1.807) is 30.6 Å². The maximum atomic E-state index is 12.2. The van der Waals surface area contributed by atoms with Crippen molar-refractivity contribution in [3.8, 4) is 0 Å². The molecule has 2 N–H and O–H groups in total. The third-order valence-corrected chi connectivity index (χ3v) is 4.96. The van der Waals surface area contributed by atoms with Crippen molar-refractivity contribution >= 4 is 38.1 Å². The van der Waals surface area contributed by atoms with Gasteiger partial charge in [-0.15, -0.1) is 11.3 Å². The highest BCUT2D eigenvalue weighted by molar-refractivity contribution is 7.93. The molecule has 2 aromatic rings. The zero-order valence-corrected chi connectivity index (χ0v) is 12.4. The van der Waals surface area contributed by atoms with Gasteiger partial charge in [0.2, 0.25) is 0 Å². The van der Waals surface area contributed by atoms with Gasteiger partial charge in [-0.25, -0.2) is 13.4 Å². The molecule has 0 radical (unpaired) electrons. The number of halogens is 1. The largest absolute Gasteiger partial charge is 0.316 e. The number of thiazole rings is 1. The summed E-state index contributed by atoms with van der Waals surface area (Å²) >= 11 is 7.17. The molecule has 19 heavy (non-hydrogen) atoms. The number of aromatic nitrogens is 1. The lowest BCUT2D eigenvalue weighted by Crippen LogP contribution is -2.14. The average molecular weight is 318 g/mol. The van der Waals surface area contributed by atoms with Crippen molar-refractivity contribution < 1.29 is 8.42 Å². The van der Waals surface area contributed by atoms with Crippen LogP contribution in [0, 0.1) is 0 Å². The van der Waals surface area contributed by atoms with Crippen LogP contribution in [0.25, 0.3) is 0 Å². The van der Waals surface area contributed by atoms with Gasteiger partial charge < -0.3 is 5.32 Å². The number of nitrogens with zero attached hydrogens (tertiary/aromatic N) is 1. The van der Waals surface area contributed by atoms with Crippen LogP contribution < -0.4 is 10.0 Å². The minimum absolute atomic E-state index is 0.0529. The first-order chi connectivity index (χ1) is 9.03. The predicted molar refractivity (Wildman–Crippen MR) is 77.1 cm³/mol. The molecule has 2 rings (SSSR count). The third-order valence-electron chi connectivity index (χ3n) is 2.32. The molecule has 5 nitrogen and oxygen atoms in total. The molecule has 1 aromatic heterocycles. The summed E-state index contributed by atoms with van der Waals surface area (Å²) in [4.78, 5) is 3.94. The molecule has 0 aliphatic carbocycles. The van der Waals surface area contributed by atoms with Crippen molar-refractivity contribution in [2.24, 2.45) is 0 Å². The van der Waals surface area contributed by atoms with Crippen molar-refractivity contribution in [3.05, 3.63) is 40.4 Å². The lowest BCUT2D eigenvalue weighted by atomic mass is 10.2. The Bertz CT molecular complexity index is 657. The number of sulfonamides is 1. The fraction of sp³-hybridized carbons (Fsp3) is 0.182. The second-order valence-electron chi connectivity index (χ2n) is 3.74. The Morgan fingerprint density at radius 3 is 2.84 bits per heavy atom. The fourth-order valence-corrected chi connectivity index (χ4v) is 3.85. The Morgan fingerprint density at radius 1 is 1.42 bits per heavy atom. The van der Waals surface area contributed by atoms with E-state index in [0.29, 0.717) is 11.7 Å². The number of hydrogen-bond acceptors (Lipinski definition) is 5. The van der Waals surface area contributed by atoms with Crippen molar-refractivity contribution in [1.29, 1.82) is 0 Å². The molecule has 0 saturated heterocycles. The minimum Gasteiger partial charge on any atom is -0.316 e. The summed E-state index contributed by atoms with van der Waals surface area (Å²) in [5.41, 5.74) is 0.839. The lowest BCUT2D eigenvalue weighted by molar-refractivity contribution is 0.601. The molecular weight excluding hydrogens is 306 g/mol. The SMILES string of the molecule is CNCc1ccc(Cl)c(S(=O)(=O)Nc2nccs2)c1. The van der Waals surface area contributed by atoms with E-state index >= 15 is 0 Å². The fourth-order valence-electron chi connectivity index (χ4n) is 1.51. The number of rotatable bonds is 5. The first kappa shape index (κ1) is 14.3. The van der Waals surface area contributed by atoms with Crippen LogP contribution >= 0.6 is 22.9 Å². The monoisotopic (exact) mass is 317 g/mol. The average Bonchev–Trinajstić information content (AvgIpc) is 2.84. The first-order valence-electron chi connectivity index (χ1n) is 5.38. The molecular formula is C11H12ClN3O2S2. The highest BCUT2D eigenvalue weighted by Gasteiger charge is 2.19. The quantitative estimate of drug-likeness (QED) is 0.888. The first-order valence-corrected chi connectivity index (χ1v) is 8.12. The molecule has 0 aliphatic heterocycles. The van der Waals surface area contributed by atoms with Crippen molar-refractivity contribution in [1.82, 2.24) is 10.3 Å². The summed E-state index contributed by atoms with van der Waals surface area (Å²) in [6.07, 6.45) is 1.53. The molecule has 1 heterocycles. The molecule has 1 aromatic carbocycles. The van der Waals surface area contributed by atoms with E-state index in [4.69, 9.17) is 11.6 Å². The Balaban J connectivity index is 2.36. The standard InChI is InChI=1S/C11H12ClN3O2S2/c1-13-7-8-2-3-9(12)10(6-8)19(16,17)15-11-14-4-5-18-11/h2-6,13H,7H2,1H3,(H,14,15). The topological polar surface area (TPSA) is 71.1 Å². The maximum absolute atomic E-state index is 12.2. The smallest absolute Gasteiger partial charge is 0.265 e. The Morgan fingerprint density at radius 2 is 2.21 bits per heavy atom. The van der Waals surface area contributed by atoms with Crippen LogP contribution in [-0.4, -0.2) is 20.4 Å².